The van der Waals surface area contributed by atoms with E-state index in [1.807, 2.05) is 24.3 Å². The van der Waals surface area contributed by atoms with Crippen molar-refractivity contribution < 1.29 is 9.84 Å². The molecule has 0 amide bonds. The minimum atomic E-state index is -0.140. The van der Waals surface area contributed by atoms with Crippen LogP contribution >= 0.6 is 11.6 Å². The van der Waals surface area contributed by atoms with Gasteiger partial charge in [-0.05, 0) is 49.1 Å². The van der Waals surface area contributed by atoms with Crippen LogP contribution in [0.1, 0.15) is 36.0 Å². The Labute approximate surface area is 147 Å². The van der Waals surface area contributed by atoms with Crippen molar-refractivity contribution in [1.29, 1.82) is 0 Å². The summed E-state index contributed by atoms with van der Waals surface area (Å²) < 4.78 is 5.62. The number of rotatable bonds is 3. The molecule has 24 heavy (non-hydrogen) atoms. The van der Waals surface area contributed by atoms with Gasteiger partial charge in [0.05, 0.1) is 12.8 Å². The molecule has 0 atom stereocenters. The summed E-state index contributed by atoms with van der Waals surface area (Å²) in [5.74, 6) is 1.11. The Morgan fingerprint density at radius 2 is 2.00 bits per heavy atom. The quantitative estimate of drug-likeness (QED) is 0.891. The SMILES string of the molecule is COc1cc(Cl)ccc1C1(C2=NCCc3ccc(O)cc32)CCC1. The molecule has 2 aromatic rings. The summed E-state index contributed by atoms with van der Waals surface area (Å²) in [6.45, 7) is 0.796. The summed E-state index contributed by atoms with van der Waals surface area (Å²) in [4.78, 5) is 4.90. The fraction of sp³-hybridized carbons (Fsp3) is 0.350. The summed E-state index contributed by atoms with van der Waals surface area (Å²) >= 11 is 6.15. The monoisotopic (exact) mass is 341 g/mol. The molecule has 1 aliphatic carbocycles. The molecule has 0 bridgehead atoms. The highest BCUT2D eigenvalue weighted by atomic mass is 35.5. The molecule has 1 N–H and O–H groups in total. The van der Waals surface area contributed by atoms with Crippen molar-refractivity contribution in [3.63, 3.8) is 0 Å². The fourth-order valence-electron chi connectivity index (χ4n) is 4.01. The van der Waals surface area contributed by atoms with E-state index in [4.69, 9.17) is 21.3 Å². The Morgan fingerprint density at radius 1 is 1.17 bits per heavy atom. The van der Waals surface area contributed by atoms with Gasteiger partial charge in [0.25, 0.3) is 0 Å². The molecule has 0 radical (unpaired) electrons. The van der Waals surface area contributed by atoms with Crippen LogP contribution in [-0.2, 0) is 11.8 Å². The molecule has 4 rings (SSSR count). The molecule has 3 nitrogen and oxygen atoms in total. The molecule has 0 spiro atoms. The van der Waals surface area contributed by atoms with Gasteiger partial charge < -0.3 is 9.84 Å². The number of hydrogen-bond donors (Lipinski definition) is 1. The first-order chi connectivity index (χ1) is 11.6. The smallest absolute Gasteiger partial charge is 0.124 e. The van der Waals surface area contributed by atoms with E-state index in [9.17, 15) is 5.11 Å². The number of hydrogen-bond acceptors (Lipinski definition) is 3. The Kier molecular flexibility index (Phi) is 3.76. The molecule has 124 valence electrons. The topological polar surface area (TPSA) is 41.8 Å². The van der Waals surface area contributed by atoms with Gasteiger partial charge in [-0.25, -0.2) is 0 Å². The van der Waals surface area contributed by atoms with Gasteiger partial charge in [-0.15, -0.1) is 0 Å². The maximum Gasteiger partial charge on any atom is 0.124 e. The van der Waals surface area contributed by atoms with Crippen LogP contribution in [0.5, 0.6) is 11.5 Å². The lowest BCUT2D eigenvalue weighted by atomic mass is 9.59. The number of ether oxygens (including phenoxy) is 1. The van der Waals surface area contributed by atoms with Crippen LogP contribution in [0.2, 0.25) is 5.02 Å². The molecular formula is C20H20ClNO2. The molecule has 1 aliphatic heterocycles. The van der Waals surface area contributed by atoms with Crippen molar-refractivity contribution in [2.75, 3.05) is 13.7 Å². The third kappa shape index (κ3) is 2.30. The number of halogens is 1. The van der Waals surface area contributed by atoms with E-state index in [0.717, 1.165) is 48.4 Å². The van der Waals surface area contributed by atoms with E-state index in [2.05, 4.69) is 6.07 Å². The van der Waals surface area contributed by atoms with Crippen LogP contribution in [0.25, 0.3) is 0 Å². The maximum absolute atomic E-state index is 9.97. The zero-order valence-corrected chi connectivity index (χ0v) is 14.4. The number of benzene rings is 2. The average Bonchev–Trinajstić information content (AvgIpc) is 2.55. The summed E-state index contributed by atoms with van der Waals surface area (Å²) in [7, 11) is 1.68. The van der Waals surface area contributed by atoms with Gasteiger partial charge in [0.2, 0.25) is 0 Å². The van der Waals surface area contributed by atoms with Gasteiger partial charge in [0.1, 0.15) is 11.5 Å². The van der Waals surface area contributed by atoms with Crippen molar-refractivity contribution in [2.45, 2.75) is 31.1 Å². The molecule has 1 heterocycles. The Balaban J connectivity index is 1.88. The molecular weight excluding hydrogens is 322 g/mol. The van der Waals surface area contributed by atoms with Crippen LogP contribution < -0.4 is 4.74 Å². The number of fused-ring (bicyclic) bond motifs is 1. The van der Waals surface area contributed by atoms with Crippen LogP contribution in [0.15, 0.2) is 41.4 Å². The highest BCUT2D eigenvalue weighted by molar-refractivity contribution is 6.30. The molecule has 0 unspecified atom stereocenters. The first-order valence-corrected chi connectivity index (χ1v) is 8.73. The highest BCUT2D eigenvalue weighted by Crippen LogP contribution is 2.51. The van der Waals surface area contributed by atoms with Crippen molar-refractivity contribution in [2.24, 2.45) is 4.99 Å². The van der Waals surface area contributed by atoms with E-state index in [-0.39, 0.29) is 5.41 Å². The Morgan fingerprint density at radius 3 is 2.71 bits per heavy atom. The van der Waals surface area contributed by atoms with Gasteiger partial charge in [0.15, 0.2) is 0 Å². The lowest BCUT2D eigenvalue weighted by molar-refractivity contribution is 0.320. The number of aliphatic imine (C=N–C) groups is 1. The molecule has 1 saturated carbocycles. The van der Waals surface area contributed by atoms with E-state index in [1.165, 1.54) is 12.0 Å². The molecule has 0 aromatic heterocycles. The number of methoxy groups -OCH3 is 1. The van der Waals surface area contributed by atoms with Crippen LogP contribution in [0, 0.1) is 0 Å². The predicted molar refractivity (Wildman–Crippen MR) is 96.7 cm³/mol. The Hall–Kier alpha value is -2.00. The second-order valence-corrected chi connectivity index (χ2v) is 7.04. The van der Waals surface area contributed by atoms with E-state index in [0.29, 0.717) is 10.8 Å². The van der Waals surface area contributed by atoms with Gasteiger partial charge in [-0.3, -0.25) is 4.99 Å². The molecule has 1 fully saturated rings. The standard InChI is InChI=1S/C20H20ClNO2/c1-24-18-11-14(21)4-6-17(18)20(8-2-9-20)19-16-12-15(23)5-3-13(16)7-10-22-19/h3-6,11-12,23H,2,7-10H2,1H3. The highest BCUT2D eigenvalue weighted by Gasteiger charge is 2.46. The average molecular weight is 342 g/mol. The van der Waals surface area contributed by atoms with Gasteiger partial charge in [-0.2, -0.15) is 0 Å². The van der Waals surface area contributed by atoms with Crippen molar-refractivity contribution >= 4 is 17.3 Å². The first-order valence-electron chi connectivity index (χ1n) is 8.35. The van der Waals surface area contributed by atoms with Gasteiger partial charge >= 0.3 is 0 Å². The third-order valence-electron chi connectivity index (χ3n) is 5.34. The summed E-state index contributed by atoms with van der Waals surface area (Å²) in [5, 5.41) is 10.6. The second-order valence-electron chi connectivity index (χ2n) is 6.60. The molecule has 0 saturated heterocycles. The van der Waals surface area contributed by atoms with Crippen LogP contribution in [-0.4, -0.2) is 24.5 Å². The van der Waals surface area contributed by atoms with Gasteiger partial charge in [0, 0.05) is 28.1 Å². The van der Waals surface area contributed by atoms with Crippen LogP contribution in [0.4, 0.5) is 0 Å². The van der Waals surface area contributed by atoms with E-state index < -0.39 is 0 Å². The Bertz CT molecular complexity index is 824. The largest absolute Gasteiger partial charge is 0.508 e. The van der Waals surface area contributed by atoms with Crippen molar-refractivity contribution in [1.82, 2.24) is 0 Å². The normalized spacial score (nSPS) is 18.3. The molecule has 2 aromatic carbocycles. The minimum Gasteiger partial charge on any atom is -0.508 e. The van der Waals surface area contributed by atoms with Crippen LogP contribution in [0.3, 0.4) is 0 Å². The zero-order chi connectivity index (χ0) is 16.7. The summed E-state index contributed by atoms with van der Waals surface area (Å²) in [6, 6.07) is 11.5. The lowest BCUT2D eigenvalue weighted by Crippen LogP contribution is -2.44. The first kappa shape index (κ1) is 15.5. The molecule has 2 aliphatic rings. The maximum atomic E-state index is 9.97. The minimum absolute atomic E-state index is 0.140. The lowest BCUT2D eigenvalue weighted by Gasteiger charge is -2.45. The van der Waals surface area contributed by atoms with Gasteiger partial charge in [-0.1, -0.05) is 30.2 Å². The zero-order valence-electron chi connectivity index (χ0n) is 13.7. The second kappa shape index (κ2) is 5.82. The summed E-state index contributed by atoms with van der Waals surface area (Å²) in [6.07, 6.45) is 4.17. The number of phenolic OH excluding ortho intramolecular Hbond substituents is 1. The van der Waals surface area contributed by atoms with Crippen molar-refractivity contribution in [3.05, 3.63) is 58.1 Å². The molecule has 4 heteroatoms. The third-order valence-corrected chi connectivity index (χ3v) is 5.57. The fourth-order valence-corrected chi connectivity index (χ4v) is 4.17. The van der Waals surface area contributed by atoms with E-state index >= 15 is 0 Å². The van der Waals surface area contributed by atoms with E-state index in [1.54, 1.807) is 13.2 Å². The summed E-state index contributed by atoms with van der Waals surface area (Å²) in [5.41, 5.74) is 4.44. The predicted octanol–water partition coefficient (Wildman–Crippen LogP) is 4.52. The number of nitrogens with zero attached hydrogens (tertiary/aromatic N) is 1. The van der Waals surface area contributed by atoms with Crippen molar-refractivity contribution in [3.8, 4) is 11.5 Å². The number of aromatic hydroxyl groups is 1. The number of phenols is 1.